The number of carbonyl (C=O) groups excluding carboxylic acids is 2. The number of halogens is 1. The minimum Gasteiger partial charge on any atom is -0.508 e. The number of rotatable bonds is 5. The molecule has 1 aromatic carbocycles. The Morgan fingerprint density at radius 3 is 2.95 bits per heavy atom. The smallest absolute Gasteiger partial charge is 0.248 e. The van der Waals surface area contributed by atoms with Gasteiger partial charge in [-0.05, 0) is 31.0 Å². The summed E-state index contributed by atoms with van der Waals surface area (Å²) in [4.78, 5) is 23.0. The van der Waals surface area contributed by atoms with Gasteiger partial charge in [-0.15, -0.1) is 12.4 Å². The molecule has 1 atom stereocenters. The van der Waals surface area contributed by atoms with Crippen LogP contribution in [0.15, 0.2) is 34.5 Å². The minimum absolute atomic E-state index is 0. The Morgan fingerprint density at radius 2 is 2.32 bits per heavy atom. The van der Waals surface area contributed by atoms with E-state index in [2.05, 4.69) is 21.1 Å². The molecule has 118 valence electrons. The number of hydrogen-bond acceptors (Lipinski definition) is 5. The van der Waals surface area contributed by atoms with Crippen molar-refractivity contribution in [2.45, 2.75) is 19.8 Å². The summed E-state index contributed by atoms with van der Waals surface area (Å²) in [6.07, 6.45) is 2.02. The summed E-state index contributed by atoms with van der Waals surface area (Å²) in [7, 11) is 0. The van der Waals surface area contributed by atoms with Gasteiger partial charge in [0, 0.05) is 12.1 Å². The van der Waals surface area contributed by atoms with Crippen LogP contribution in [0.4, 0.5) is 0 Å². The van der Waals surface area contributed by atoms with Crippen LogP contribution in [0.25, 0.3) is 0 Å². The highest BCUT2D eigenvalue weighted by Gasteiger charge is 2.26. The maximum Gasteiger partial charge on any atom is 0.248 e. The monoisotopic (exact) mass is 324 g/mol. The number of nitrogens with zero attached hydrogens (tertiary/aromatic N) is 2. The average molecular weight is 325 g/mol. The van der Waals surface area contributed by atoms with Gasteiger partial charge in [-0.2, -0.15) is 10.2 Å². The van der Waals surface area contributed by atoms with Crippen molar-refractivity contribution in [3.63, 3.8) is 0 Å². The highest BCUT2D eigenvalue weighted by molar-refractivity contribution is 6.07. The molecule has 1 heterocycles. The van der Waals surface area contributed by atoms with Crippen LogP contribution in [-0.2, 0) is 9.59 Å². The van der Waals surface area contributed by atoms with Crippen LogP contribution in [-0.4, -0.2) is 28.8 Å². The lowest BCUT2D eigenvalue weighted by molar-refractivity contribution is -0.123. The zero-order valence-corrected chi connectivity index (χ0v) is 12.8. The lowest BCUT2D eigenvalue weighted by atomic mass is 9.99. The largest absolute Gasteiger partial charge is 0.508 e. The number of aromatic hydroxyl groups is 1. The first-order chi connectivity index (χ1) is 10.1. The number of carbonyl (C=O) groups is 2. The van der Waals surface area contributed by atoms with Gasteiger partial charge in [0.05, 0.1) is 12.1 Å². The summed E-state index contributed by atoms with van der Waals surface area (Å²) in [5.41, 5.74) is 6.12. The molecule has 2 rings (SSSR count). The highest BCUT2D eigenvalue weighted by atomic mass is 35.5. The summed E-state index contributed by atoms with van der Waals surface area (Å²) >= 11 is 0. The lowest BCUT2D eigenvalue weighted by Gasteiger charge is -2.06. The third kappa shape index (κ3) is 4.85. The zero-order valence-electron chi connectivity index (χ0n) is 11.9. The predicted molar refractivity (Wildman–Crippen MR) is 85.1 cm³/mol. The predicted octanol–water partition coefficient (Wildman–Crippen LogP) is 1.17. The first-order valence-corrected chi connectivity index (χ1v) is 6.51. The molecule has 22 heavy (non-hydrogen) atoms. The summed E-state index contributed by atoms with van der Waals surface area (Å²) < 4.78 is 0. The number of amides is 2. The highest BCUT2D eigenvalue weighted by Crippen LogP contribution is 2.13. The molecule has 0 aromatic heterocycles. The van der Waals surface area contributed by atoms with Gasteiger partial charge in [0.1, 0.15) is 5.75 Å². The second-order valence-corrected chi connectivity index (χ2v) is 4.71. The van der Waals surface area contributed by atoms with Crippen molar-refractivity contribution in [2.75, 3.05) is 0 Å². The van der Waals surface area contributed by atoms with Crippen molar-refractivity contribution >= 4 is 36.1 Å². The van der Waals surface area contributed by atoms with Gasteiger partial charge in [0.2, 0.25) is 11.8 Å². The van der Waals surface area contributed by atoms with Crippen LogP contribution in [0.2, 0.25) is 0 Å². The maximum atomic E-state index is 11.6. The quantitative estimate of drug-likeness (QED) is 0.559. The molecule has 1 aliphatic heterocycles. The Labute approximate surface area is 133 Å². The van der Waals surface area contributed by atoms with Crippen LogP contribution in [0.1, 0.15) is 25.3 Å². The molecule has 1 aromatic rings. The van der Waals surface area contributed by atoms with E-state index in [4.69, 9.17) is 0 Å². The first kappa shape index (κ1) is 17.6. The van der Waals surface area contributed by atoms with Crippen molar-refractivity contribution in [3.8, 4) is 5.75 Å². The Bertz CT molecular complexity index is 616. The minimum atomic E-state index is -0.342. The van der Waals surface area contributed by atoms with E-state index >= 15 is 0 Å². The Kier molecular flexibility index (Phi) is 6.52. The van der Waals surface area contributed by atoms with Crippen molar-refractivity contribution in [2.24, 2.45) is 16.1 Å². The topological polar surface area (TPSA) is 103 Å². The van der Waals surface area contributed by atoms with Crippen molar-refractivity contribution in [3.05, 3.63) is 29.8 Å². The van der Waals surface area contributed by atoms with E-state index < -0.39 is 0 Å². The fourth-order valence-electron chi connectivity index (χ4n) is 1.94. The van der Waals surface area contributed by atoms with Gasteiger partial charge in [-0.1, -0.05) is 12.1 Å². The molecule has 8 heteroatoms. The normalized spacial score (nSPS) is 16.9. The average Bonchev–Trinajstić information content (AvgIpc) is 2.76. The summed E-state index contributed by atoms with van der Waals surface area (Å²) in [6, 6.07) is 6.50. The van der Waals surface area contributed by atoms with Gasteiger partial charge in [0.15, 0.2) is 0 Å². The van der Waals surface area contributed by atoms with Gasteiger partial charge in [0.25, 0.3) is 0 Å². The first-order valence-electron chi connectivity index (χ1n) is 6.51. The molecule has 0 saturated heterocycles. The number of benzene rings is 1. The number of phenolic OH excluding ortho intramolecular Hbond substituents is 1. The van der Waals surface area contributed by atoms with E-state index in [9.17, 15) is 14.7 Å². The van der Waals surface area contributed by atoms with Crippen LogP contribution >= 0.6 is 12.4 Å². The SMILES string of the molecule is CC1=NNC(=O)C1CCC(=O)NN=Cc1cccc(O)c1.Cl. The van der Waals surface area contributed by atoms with Crippen LogP contribution in [0, 0.1) is 5.92 Å². The van der Waals surface area contributed by atoms with Crippen molar-refractivity contribution in [1.29, 1.82) is 0 Å². The molecule has 0 spiro atoms. The number of nitrogens with one attached hydrogen (secondary N) is 2. The fraction of sp³-hybridized carbons (Fsp3) is 0.286. The maximum absolute atomic E-state index is 11.6. The molecule has 0 aliphatic carbocycles. The number of hydrazone groups is 2. The van der Waals surface area contributed by atoms with E-state index in [0.29, 0.717) is 17.7 Å². The van der Waals surface area contributed by atoms with Crippen LogP contribution < -0.4 is 10.9 Å². The second-order valence-electron chi connectivity index (χ2n) is 4.71. The molecule has 7 nitrogen and oxygen atoms in total. The van der Waals surface area contributed by atoms with Crippen LogP contribution in [0.5, 0.6) is 5.75 Å². The molecule has 0 saturated carbocycles. The Hall–Kier alpha value is -2.41. The van der Waals surface area contributed by atoms with Crippen molar-refractivity contribution in [1.82, 2.24) is 10.9 Å². The molecule has 0 radical (unpaired) electrons. The van der Waals surface area contributed by atoms with E-state index in [0.717, 1.165) is 0 Å². The molecule has 0 bridgehead atoms. The lowest BCUT2D eigenvalue weighted by Crippen LogP contribution is -2.25. The summed E-state index contributed by atoms with van der Waals surface area (Å²) in [6.45, 7) is 1.75. The molecule has 3 N–H and O–H groups in total. The van der Waals surface area contributed by atoms with Crippen molar-refractivity contribution < 1.29 is 14.7 Å². The second kappa shape index (κ2) is 8.14. The van der Waals surface area contributed by atoms with Gasteiger partial charge in [-0.25, -0.2) is 10.9 Å². The van der Waals surface area contributed by atoms with Gasteiger partial charge >= 0.3 is 0 Å². The fourth-order valence-corrected chi connectivity index (χ4v) is 1.94. The molecule has 2 amide bonds. The Balaban J connectivity index is 0.00000242. The Morgan fingerprint density at radius 1 is 1.55 bits per heavy atom. The third-order valence-electron chi connectivity index (χ3n) is 3.10. The molecule has 1 aliphatic rings. The van der Waals surface area contributed by atoms with Gasteiger partial charge < -0.3 is 5.11 Å². The summed E-state index contributed by atoms with van der Waals surface area (Å²) in [5, 5.41) is 16.9. The molecular formula is C14H17ClN4O3. The van der Waals surface area contributed by atoms with Gasteiger partial charge in [-0.3, -0.25) is 9.59 Å². The van der Waals surface area contributed by atoms with E-state index in [1.165, 1.54) is 12.3 Å². The zero-order chi connectivity index (χ0) is 15.2. The van der Waals surface area contributed by atoms with E-state index in [1.807, 2.05) is 0 Å². The molecule has 0 fully saturated rings. The number of phenols is 1. The summed E-state index contributed by atoms with van der Waals surface area (Å²) in [5.74, 6) is -0.666. The number of hydrogen-bond donors (Lipinski definition) is 3. The van der Waals surface area contributed by atoms with Crippen LogP contribution in [0.3, 0.4) is 0 Å². The molecule has 1 unspecified atom stereocenters. The van der Waals surface area contributed by atoms with E-state index in [-0.39, 0.29) is 42.3 Å². The van der Waals surface area contributed by atoms with E-state index in [1.54, 1.807) is 25.1 Å². The molecular weight excluding hydrogens is 308 g/mol. The third-order valence-corrected chi connectivity index (χ3v) is 3.10. The standard InChI is InChI=1S/C14H16N4O3.ClH/c1-9-12(14(21)18-16-9)5-6-13(20)17-15-8-10-3-2-4-11(19)7-10;/h2-4,7-8,12,19H,5-6H2,1H3,(H,17,20)(H,18,21);1H.